The van der Waals surface area contributed by atoms with Gasteiger partial charge in [-0.25, -0.2) is 9.13 Å². The Morgan fingerprint density at radius 3 is 0.975 bits per heavy atom. The van der Waals surface area contributed by atoms with E-state index in [2.05, 4.69) is 41.5 Å². The normalized spacial score (nSPS) is 13.6. The quantitative estimate of drug-likeness (QED) is 0.223. The standard InChI is InChI=1S/C29H46O8P2.Al.3H/c1-26(2,3)22-18(13-15-20(36-38(30,31)32)24(22)28(7,8)9)17-19-14-16-21(37-39(33,34)35)25(29(10,11)12)23(19)27(4,5)6;;;;/h13-16H,17H2,1-12H3,(H2,30,31,32)(H2,33,34,35);;;;. The summed E-state index contributed by atoms with van der Waals surface area (Å²) in [7, 11) is -9.59. The molecule has 0 bridgehead atoms. The monoisotopic (exact) mass is 614 g/mol. The van der Waals surface area contributed by atoms with Crippen molar-refractivity contribution in [2.75, 3.05) is 0 Å². The van der Waals surface area contributed by atoms with E-state index in [4.69, 9.17) is 9.05 Å². The second kappa shape index (κ2) is 11.9. The maximum atomic E-state index is 11.8. The Bertz CT molecular complexity index is 1210. The summed E-state index contributed by atoms with van der Waals surface area (Å²) in [6.07, 6.45) is 0.484. The third-order valence-corrected chi connectivity index (χ3v) is 7.19. The molecule has 0 spiro atoms. The van der Waals surface area contributed by atoms with E-state index in [0.717, 1.165) is 33.4 Å². The van der Waals surface area contributed by atoms with Crippen molar-refractivity contribution in [2.24, 2.45) is 0 Å². The van der Waals surface area contributed by atoms with Gasteiger partial charge in [-0.3, -0.25) is 19.6 Å². The number of rotatable bonds is 6. The SMILES string of the molecule is CC(C)(C)c1c(Cc2ccc(OP(=O)(O)O)c(C(C)(C)C)c2C(C)(C)C)ccc(OP(=O)(O)O)c1C(C)(C)C.[AlH3]. The van der Waals surface area contributed by atoms with Crippen molar-refractivity contribution < 1.29 is 37.8 Å². The lowest BCUT2D eigenvalue weighted by Gasteiger charge is -2.36. The summed E-state index contributed by atoms with van der Waals surface area (Å²) in [5, 5.41) is 0. The second-order valence-corrected chi connectivity index (χ2v) is 16.6. The number of phosphoric ester groups is 2. The topological polar surface area (TPSA) is 134 Å². The van der Waals surface area contributed by atoms with Crippen molar-refractivity contribution >= 4 is 33.0 Å². The molecular formula is C29H49AlO8P2. The zero-order valence-corrected chi connectivity index (χ0v) is 27.1. The highest BCUT2D eigenvalue weighted by Gasteiger charge is 2.36. The van der Waals surface area contributed by atoms with Gasteiger partial charge < -0.3 is 9.05 Å². The highest BCUT2D eigenvalue weighted by Crippen LogP contribution is 2.50. The van der Waals surface area contributed by atoms with Gasteiger partial charge in [0, 0.05) is 11.1 Å². The first-order valence-electron chi connectivity index (χ1n) is 13.0. The van der Waals surface area contributed by atoms with Crippen LogP contribution in [-0.4, -0.2) is 36.9 Å². The Kier molecular flexibility index (Phi) is 10.9. The van der Waals surface area contributed by atoms with E-state index in [0.29, 0.717) is 6.42 Å². The van der Waals surface area contributed by atoms with E-state index in [1.165, 1.54) is 0 Å². The predicted molar refractivity (Wildman–Crippen MR) is 166 cm³/mol. The largest absolute Gasteiger partial charge is 0.524 e. The molecule has 2 aromatic carbocycles. The molecule has 0 saturated carbocycles. The molecule has 2 rings (SSSR count). The molecule has 11 heteroatoms. The lowest BCUT2D eigenvalue weighted by molar-refractivity contribution is 0.278. The van der Waals surface area contributed by atoms with Gasteiger partial charge >= 0.3 is 15.6 Å². The van der Waals surface area contributed by atoms with Crippen molar-refractivity contribution in [1.29, 1.82) is 0 Å². The van der Waals surface area contributed by atoms with Crippen LogP contribution in [0.5, 0.6) is 11.5 Å². The van der Waals surface area contributed by atoms with E-state index in [1.807, 2.05) is 53.7 Å². The summed E-state index contributed by atoms with van der Waals surface area (Å²) in [6.45, 7) is 24.3. The average molecular weight is 615 g/mol. The van der Waals surface area contributed by atoms with Crippen molar-refractivity contribution in [2.45, 2.75) is 111 Å². The van der Waals surface area contributed by atoms with Crippen LogP contribution >= 0.6 is 15.6 Å². The molecule has 4 N–H and O–H groups in total. The van der Waals surface area contributed by atoms with Gasteiger partial charge in [0.25, 0.3) is 0 Å². The maximum Gasteiger partial charge on any atom is 0.524 e. The van der Waals surface area contributed by atoms with Gasteiger partial charge in [0.2, 0.25) is 0 Å². The summed E-state index contributed by atoms with van der Waals surface area (Å²) in [5.74, 6) is 0.308. The average Bonchev–Trinajstić information content (AvgIpc) is 2.63. The van der Waals surface area contributed by atoms with Gasteiger partial charge in [-0.05, 0) is 62.5 Å². The van der Waals surface area contributed by atoms with Gasteiger partial charge in [-0.2, -0.15) is 0 Å². The van der Waals surface area contributed by atoms with E-state index in [9.17, 15) is 28.7 Å². The van der Waals surface area contributed by atoms with Gasteiger partial charge in [-0.1, -0.05) is 95.2 Å². The summed E-state index contributed by atoms with van der Waals surface area (Å²) in [6, 6.07) is 6.95. The van der Waals surface area contributed by atoms with Gasteiger partial charge in [0.05, 0.1) is 0 Å². The molecule has 0 heterocycles. The van der Waals surface area contributed by atoms with E-state index < -0.39 is 37.3 Å². The van der Waals surface area contributed by atoms with Crippen LogP contribution in [-0.2, 0) is 37.2 Å². The number of hydrogen-bond donors (Lipinski definition) is 4. The molecule has 0 saturated heterocycles. The summed E-state index contributed by atoms with van der Waals surface area (Å²) < 4.78 is 34.0. The summed E-state index contributed by atoms with van der Waals surface area (Å²) in [5.41, 5.74) is 3.49. The fourth-order valence-corrected chi connectivity index (χ4v) is 6.18. The Balaban J connectivity index is 0.00000800. The van der Waals surface area contributed by atoms with Gasteiger partial charge in [0.1, 0.15) is 11.5 Å². The van der Waals surface area contributed by atoms with Gasteiger partial charge in [0.15, 0.2) is 17.4 Å². The highest BCUT2D eigenvalue weighted by molar-refractivity contribution is 7.47. The Morgan fingerprint density at radius 2 is 0.775 bits per heavy atom. The molecule has 0 radical (unpaired) electrons. The molecule has 0 aliphatic heterocycles. The molecule has 226 valence electrons. The maximum absolute atomic E-state index is 11.8. The third kappa shape index (κ3) is 9.45. The minimum atomic E-state index is -4.79. The van der Waals surface area contributed by atoms with Crippen molar-refractivity contribution in [3.63, 3.8) is 0 Å². The minimum absolute atomic E-state index is 0. The molecule has 0 atom stereocenters. The fraction of sp³-hybridized carbons (Fsp3) is 0.586. The van der Waals surface area contributed by atoms with Crippen LogP contribution in [0.4, 0.5) is 0 Å². The lowest BCUT2D eigenvalue weighted by Crippen LogP contribution is -2.27. The molecule has 0 aromatic heterocycles. The Hall–Kier alpha value is -1.13. The molecular weight excluding hydrogens is 565 g/mol. The lowest BCUT2D eigenvalue weighted by atomic mass is 9.69. The third-order valence-electron chi connectivity index (χ3n) is 6.32. The van der Waals surface area contributed by atoms with Crippen LogP contribution < -0.4 is 9.05 Å². The minimum Gasteiger partial charge on any atom is -0.404 e. The second-order valence-electron chi connectivity index (χ2n) is 14.3. The zero-order valence-electron chi connectivity index (χ0n) is 25.3. The zero-order chi connectivity index (χ0) is 30.6. The van der Waals surface area contributed by atoms with E-state index in [1.54, 1.807) is 12.1 Å². The molecule has 0 fully saturated rings. The van der Waals surface area contributed by atoms with E-state index >= 15 is 0 Å². The van der Waals surface area contributed by atoms with Gasteiger partial charge in [-0.15, -0.1) is 0 Å². The predicted octanol–water partition coefficient (Wildman–Crippen LogP) is 6.23. The summed E-state index contributed by atoms with van der Waals surface area (Å²) >= 11 is 0. The van der Waals surface area contributed by atoms with E-state index in [-0.39, 0.29) is 28.9 Å². The first kappa shape index (κ1) is 36.9. The molecule has 40 heavy (non-hydrogen) atoms. The Morgan fingerprint density at radius 1 is 0.525 bits per heavy atom. The molecule has 0 aliphatic rings. The number of hydrogen-bond acceptors (Lipinski definition) is 4. The molecule has 0 amide bonds. The number of benzene rings is 2. The van der Waals surface area contributed by atoms with Crippen LogP contribution in [0.25, 0.3) is 0 Å². The van der Waals surface area contributed by atoms with Crippen LogP contribution in [0.2, 0.25) is 0 Å². The smallest absolute Gasteiger partial charge is 0.404 e. The van der Waals surface area contributed by atoms with Crippen molar-refractivity contribution in [1.82, 2.24) is 0 Å². The van der Waals surface area contributed by atoms with Crippen molar-refractivity contribution in [3.8, 4) is 11.5 Å². The van der Waals surface area contributed by atoms with Crippen LogP contribution in [0.1, 0.15) is 116 Å². The van der Waals surface area contributed by atoms with Crippen LogP contribution in [0, 0.1) is 0 Å². The molecule has 0 aliphatic carbocycles. The first-order valence-corrected chi connectivity index (χ1v) is 16.0. The van der Waals surface area contributed by atoms with Crippen LogP contribution in [0.15, 0.2) is 24.3 Å². The molecule has 2 aromatic rings. The molecule has 0 unspecified atom stereocenters. The fourth-order valence-electron chi connectivity index (χ4n) is 5.36. The highest BCUT2D eigenvalue weighted by atomic mass is 31.2. The number of phosphoric acid groups is 2. The molecule has 8 nitrogen and oxygen atoms in total. The van der Waals surface area contributed by atoms with Crippen LogP contribution in [0.3, 0.4) is 0 Å². The first-order chi connectivity index (χ1) is 17.1. The summed E-state index contributed by atoms with van der Waals surface area (Å²) in [4.78, 5) is 38.5. The van der Waals surface area contributed by atoms with Crippen molar-refractivity contribution in [3.05, 3.63) is 57.6 Å². The Labute approximate surface area is 250 Å².